The van der Waals surface area contributed by atoms with Crippen LogP contribution in [0.3, 0.4) is 0 Å². The monoisotopic (exact) mass is 376 g/mol. The lowest BCUT2D eigenvalue weighted by molar-refractivity contribution is -0.114. The molecule has 0 saturated heterocycles. The maximum Gasteiger partial charge on any atom is 0.273 e. The Hall–Kier alpha value is -2.73. The Morgan fingerprint density at radius 1 is 1.04 bits per heavy atom. The number of oxime groups is 1. The van der Waals surface area contributed by atoms with E-state index in [-0.39, 0.29) is 11.6 Å². The number of benzene rings is 2. The van der Waals surface area contributed by atoms with Crippen LogP contribution in [0.2, 0.25) is 5.02 Å². The lowest BCUT2D eigenvalue weighted by Crippen LogP contribution is -2.33. The predicted molar refractivity (Wildman–Crippen MR) is 101 cm³/mol. The van der Waals surface area contributed by atoms with Gasteiger partial charge >= 0.3 is 0 Å². The van der Waals surface area contributed by atoms with E-state index in [0.717, 1.165) is 5.56 Å². The minimum Gasteiger partial charge on any atom is -0.493 e. The summed E-state index contributed by atoms with van der Waals surface area (Å²) in [5.41, 5.74) is 1.83. The largest absolute Gasteiger partial charge is 0.493 e. The summed E-state index contributed by atoms with van der Waals surface area (Å²) >= 11 is 5.88. The van der Waals surface area contributed by atoms with Crippen LogP contribution in [0.25, 0.3) is 0 Å². The topological polar surface area (TPSA) is 69.2 Å². The number of methoxy groups -OCH3 is 2. The summed E-state index contributed by atoms with van der Waals surface area (Å²) in [6.07, 6.45) is 0.632. The first kappa shape index (κ1) is 19.6. The van der Waals surface area contributed by atoms with E-state index in [1.807, 2.05) is 18.2 Å². The fourth-order valence-corrected chi connectivity index (χ4v) is 2.49. The number of nitrogens with zero attached hydrogens (tertiary/aromatic N) is 1. The van der Waals surface area contributed by atoms with Gasteiger partial charge in [-0.1, -0.05) is 35.0 Å². The first-order chi connectivity index (χ1) is 12.6. The Morgan fingerprint density at radius 3 is 2.35 bits per heavy atom. The average molecular weight is 377 g/mol. The number of rotatable bonds is 8. The molecular weight excluding hydrogens is 356 g/mol. The molecule has 138 valence electrons. The van der Waals surface area contributed by atoms with Crippen LogP contribution >= 0.6 is 11.6 Å². The Bertz CT molecular complexity index is 776. The number of hydrogen-bond donors (Lipinski definition) is 1. The molecule has 7 heteroatoms. The number of amides is 1. The molecule has 0 spiro atoms. The molecule has 0 fully saturated rings. The van der Waals surface area contributed by atoms with Gasteiger partial charge in [0.05, 0.1) is 14.2 Å². The quantitative estimate of drug-likeness (QED) is 0.568. The fourth-order valence-electron chi connectivity index (χ4n) is 2.36. The van der Waals surface area contributed by atoms with Gasteiger partial charge in [-0.2, -0.15) is 0 Å². The van der Waals surface area contributed by atoms with E-state index in [4.69, 9.17) is 25.9 Å². The Balaban J connectivity index is 2.00. The van der Waals surface area contributed by atoms with Gasteiger partial charge in [0.15, 0.2) is 17.2 Å². The SMILES string of the molecule is CO/N=C(\C(=O)NCCc1ccc(OC)c(OC)c1)c1ccc(Cl)cc1. The minimum atomic E-state index is -0.324. The molecule has 0 radical (unpaired) electrons. The summed E-state index contributed by atoms with van der Waals surface area (Å²) in [5.74, 6) is 0.992. The Morgan fingerprint density at radius 2 is 1.73 bits per heavy atom. The number of hydrogen-bond acceptors (Lipinski definition) is 5. The van der Waals surface area contributed by atoms with Crippen molar-refractivity contribution in [1.82, 2.24) is 5.32 Å². The van der Waals surface area contributed by atoms with Crippen LogP contribution in [0.5, 0.6) is 11.5 Å². The van der Waals surface area contributed by atoms with E-state index in [1.54, 1.807) is 38.5 Å². The van der Waals surface area contributed by atoms with Crippen LogP contribution in [0.1, 0.15) is 11.1 Å². The van der Waals surface area contributed by atoms with E-state index < -0.39 is 0 Å². The molecule has 2 aromatic carbocycles. The summed E-state index contributed by atoms with van der Waals surface area (Å²) in [6, 6.07) is 12.5. The van der Waals surface area contributed by atoms with Crippen LogP contribution in [0.15, 0.2) is 47.6 Å². The van der Waals surface area contributed by atoms with Crippen molar-refractivity contribution in [1.29, 1.82) is 0 Å². The van der Waals surface area contributed by atoms with Gasteiger partial charge in [-0.3, -0.25) is 4.79 Å². The van der Waals surface area contributed by atoms with Crippen LogP contribution in [-0.4, -0.2) is 39.5 Å². The standard InChI is InChI=1S/C19H21ClN2O4/c1-24-16-9-4-13(12-17(16)25-2)10-11-21-19(23)18(22-26-3)14-5-7-15(20)8-6-14/h4-9,12H,10-11H2,1-3H3,(H,21,23)/b22-18-. The molecule has 0 unspecified atom stereocenters. The first-order valence-electron chi connectivity index (χ1n) is 7.95. The number of ether oxygens (including phenoxy) is 2. The second-order valence-corrected chi connectivity index (χ2v) is 5.76. The predicted octanol–water partition coefficient (Wildman–Crippen LogP) is 3.07. The van der Waals surface area contributed by atoms with Crippen LogP contribution in [0.4, 0.5) is 0 Å². The van der Waals surface area contributed by atoms with Gasteiger partial charge in [-0.25, -0.2) is 0 Å². The van der Waals surface area contributed by atoms with Crippen LogP contribution < -0.4 is 14.8 Å². The van der Waals surface area contributed by atoms with Crippen LogP contribution in [0, 0.1) is 0 Å². The van der Waals surface area contributed by atoms with Gasteiger partial charge in [0.2, 0.25) is 0 Å². The summed E-state index contributed by atoms with van der Waals surface area (Å²) in [6.45, 7) is 0.435. The molecule has 0 heterocycles. The molecule has 2 rings (SSSR count). The van der Waals surface area contributed by atoms with Crippen molar-refractivity contribution >= 4 is 23.2 Å². The molecule has 2 aromatic rings. The summed E-state index contributed by atoms with van der Waals surface area (Å²) < 4.78 is 10.5. The summed E-state index contributed by atoms with van der Waals surface area (Å²) in [4.78, 5) is 17.2. The molecule has 1 N–H and O–H groups in total. The molecule has 0 saturated carbocycles. The van der Waals surface area contributed by atoms with Crippen LogP contribution in [-0.2, 0) is 16.1 Å². The van der Waals surface area contributed by atoms with Gasteiger partial charge in [0, 0.05) is 17.1 Å². The van der Waals surface area contributed by atoms with E-state index in [2.05, 4.69) is 10.5 Å². The van der Waals surface area contributed by atoms with Gasteiger partial charge in [0.25, 0.3) is 5.91 Å². The molecule has 0 bridgehead atoms. The molecule has 1 amide bonds. The number of nitrogens with one attached hydrogen (secondary N) is 1. The second-order valence-electron chi connectivity index (χ2n) is 5.32. The second kappa shape index (κ2) is 9.68. The lowest BCUT2D eigenvalue weighted by Gasteiger charge is -2.11. The fraction of sp³-hybridized carbons (Fsp3) is 0.263. The smallest absolute Gasteiger partial charge is 0.273 e. The highest BCUT2D eigenvalue weighted by molar-refractivity contribution is 6.45. The van der Waals surface area contributed by atoms with E-state index in [9.17, 15) is 4.79 Å². The van der Waals surface area contributed by atoms with Crippen molar-refractivity contribution in [2.24, 2.45) is 5.16 Å². The third kappa shape index (κ3) is 5.13. The number of carbonyl (C=O) groups excluding carboxylic acids is 1. The van der Waals surface area contributed by atoms with Crippen molar-refractivity contribution in [3.05, 3.63) is 58.6 Å². The molecule has 0 aromatic heterocycles. The lowest BCUT2D eigenvalue weighted by atomic mass is 10.1. The third-order valence-corrected chi connectivity index (χ3v) is 3.91. The highest BCUT2D eigenvalue weighted by Crippen LogP contribution is 2.27. The molecule has 0 atom stereocenters. The van der Waals surface area contributed by atoms with E-state index in [0.29, 0.717) is 35.1 Å². The van der Waals surface area contributed by atoms with Gasteiger partial charge in [0.1, 0.15) is 7.11 Å². The molecule has 0 aliphatic rings. The average Bonchev–Trinajstić information content (AvgIpc) is 2.66. The van der Waals surface area contributed by atoms with Gasteiger partial charge in [-0.15, -0.1) is 0 Å². The highest BCUT2D eigenvalue weighted by atomic mass is 35.5. The zero-order valence-corrected chi connectivity index (χ0v) is 15.7. The highest BCUT2D eigenvalue weighted by Gasteiger charge is 2.15. The normalized spacial score (nSPS) is 11.0. The van der Waals surface area contributed by atoms with Gasteiger partial charge in [-0.05, 0) is 36.2 Å². The Labute approximate surface area is 157 Å². The molecule has 0 aliphatic carbocycles. The zero-order chi connectivity index (χ0) is 18.9. The van der Waals surface area contributed by atoms with Gasteiger partial charge < -0.3 is 19.6 Å². The van der Waals surface area contributed by atoms with Crippen molar-refractivity contribution < 1.29 is 19.1 Å². The number of halogens is 1. The third-order valence-electron chi connectivity index (χ3n) is 3.66. The summed E-state index contributed by atoms with van der Waals surface area (Å²) in [5, 5.41) is 7.25. The number of carbonyl (C=O) groups is 1. The molecular formula is C19H21ClN2O4. The summed E-state index contributed by atoms with van der Waals surface area (Å²) in [7, 11) is 4.57. The van der Waals surface area contributed by atoms with Crippen molar-refractivity contribution in [2.75, 3.05) is 27.9 Å². The molecule has 6 nitrogen and oxygen atoms in total. The van der Waals surface area contributed by atoms with E-state index >= 15 is 0 Å². The Kier molecular flexibility index (Phi) is 7.29. The molecule has 26 heavy (non-hydrogen) atoms. The molecule has 0 aliphatic heterocycles. The van der Waals surface area contributed by atoms with Crippen molar-refractivity contribution in [3.8, 4) is 11.5 Å². The zero-order valence-electron chi connectivity index (χ0n) is 14.9. The maximum atomic E-state index is 12.4. The van der Waals surface area contributed by atoms with E-state index in [1.165, 1.54) is 7.11 Å². The first-order valence-corrected chi connectivity index (χ1v) is 8.33. The van der Waals surface area contributed by atoms with Crippen molar-refractivity contribution in [2.45, 2.75) is 6.42 Å². The van der Waals surface area contributed by atoms with Crippen molar-refractivity contribution in [3.63, 3.8) is 0 Å². The maximum absolute atomic E-state index is 12.4. The minimum absolute atomic E-state index is 0.191.